The fourth-order valence-corrected chi connectivity index (χ4v) is 4.39. The van der Waals surface area contributed by atoms with E-state index in [4.69, 9.17) is 9.15 Å². The van der Waals surface area contributed by atoms with Gasteiger partial charge >= 0.3 is 0 Å². The molecule has 1 aromatic carbocycles. The number of piperazine rings is 1. The van der Waals surface area contributed by atoms with Gasteiger partial charge in [0.05, 0.1) is 7.11 Å². The highest BCUT2D eigenvalue weighted by Gasteiger charge is 2.22. The third-order valence-corrected chi connectivity index (χ3v) is 6.45. The van der Waals surface area contributed by atoms with Gasteiger partial charge in [0.25, 0.3) is 0 Å². The zero-order valence-electron chi connectivity index (χ0n) is 19.6. The number of pyridine rings is 1. The zero-order valence-corrected chi connectivity index (χ0v) is 19.6. The summed E-state index contributed by atoms with van der Waals surface area (Å²) < 4.78 is 11.7. The van der Waals surface area contributed by atoms with Crippen LogP contribution in [0.3, 0.4) is 0 Å². The largest absolute Gasteiger partial charge is 0.496 e. The Hall–Kier alpha value is -3.12. The Balaban J connectivity index is 1.50. The van der Waals surface area contributed by atoms with Crippen molar-refractivity contribution in [1.82, 2.24) is 14.8 Å². The van der Waals surface area contributed by atoms with Crippen LogP contribution in [0.15, 0.2) is 41.1 Å². The van der Waals surface area contributed by atoms with E-state index < -0.39 is 0 Å². The van der Waals surface area contributed by atoms with Crippen LogP contribution in [-0.2, 0) is 11.3 Å². The summed E-state index contributed by atoms with van der Waals surface area (Å²) in [6, 6.07) is 6.16. The maximum absolute atomic E-state index is 13.0. The Kier molecular flexibility index (Phi) is 6.33. The van der Waals surface area contributed by atoms with Gasteiger partial charge in [-0.25, -0.2) is 0 Å². The van der Waals surface area contributed by atoms with Crippen LogP contribution in [0.5, 0.6) is 5.75 Å². The lowest BCUT2D eigenvalue weighted by atomic mass is 9.98. The molecule has 1 amide bonds. The van der Waals surface area contributed by atoms with E-state index in [1.165, 1.54) is 5.56 Å². The minimum Gasteiger partial charge on any atom is -0.496 e. The third-order valence-electron chi connectivity index (χ3n) is 6.45. The number of hydrogen-bond acceptors (Lipinski definition) is 5. The number of hydrogen-bond donors (Lipinski definition) is 0. The van der Waals surface area contributed by atoms with Gasteiger partial charge in [-0.2, -0.15) is 0 Å². The SMILES string of the molecule is COc1c(/C(C)=C/C(=O)N2CCN(Cc3ccncc3)CC2)cc2c(C)c(C)oc2c1C. The van der Waals surface area contributed by atoms with Gasteiger partial charge in [-0.1, -0.05) is 0 Å². The van der Waals surface area contributed by atoms with Crippen molar-refractivity contribution in [2.24, 2.45) is 0 Å². The van der Waals surface area contributed by atoms with Gasteiger partial charge in [-0.05, 0) is 62.6 Å². The van der Waals surface area contributed by atoms with Crippen molar-refractivity contribution in [3.05, 3.63) is 64.7 Å². The summed E-state index contributed by atoms with van der Waals surface area (Å²) in [6.45, 7) is 12.1. The smallest absolute Gasteiger partial charge is 0.246 e. The van der Waals surface area contributed by atoms with Gasteiger partial charge in [0.2, 0.25) is 5.91 Å². The number of aryl methyl sites for hydroxylation is 3. The van der Waals surface area contributed by atoms with E-state index in [0.717, 1.165) is 77.5 Å². The molecule has 3 heterocycles. The Labute approximate surface area is 189 Å². The van der Waals surface area contributed by atoms with E-state index in [2.05, 4.69) is 22.9 Å². The van der Waals surface area contributed by atoms with E-state index in [1.807, 2.05) is 50.2 Å². The average Bonchev–Trinajstić information content (AvgIpc) is 3.09. The van der Waals surface area contributed by atoms with Crippen LogP contribution >= 0.6 is 0 Å². The number of furan rings is 1. The molecule has 0 bridgehead atoms. The molecule has 0 atom stereocenters. The van der Waals surface area contributed by atoms with Crippen LogP contribution in [0.1, 0.15) is 34.9 Å². The third kappa shape index (κ3) is 4.28. The maximum atomic E-state index is 13.0. The Bertz CT molecular complexity index is 1160. The second-order valence-corrected chi connectivity index (χ2v) is 8.53. The van der Waals surface area contributed by atoms with Gasteiger partial charge in [0.15, 0.2) is 0 Å². The molecule has 6 nitrogen and oxygen atoms in total. The fourth-order valence-electron chi connectivity index (χ4n) is 4.39. The fraction of sp³-hybridized carbons (Fsp3) is 0.385. The standard InChI is InChI=1S/C26H31N3O3/c1-17(22-15-23-18(2)20(4)32-26(23)19(3)25(22)31-5)14-24(30)29-12-10-28(11-13-29)16-21-6-8-27-9-7-21/h6-9,14-15H,10-13,16H2,1-5H3/b17-14+. The number of aromatic nitrogens is 1. The van der Waals surface area contributed by atoms with Gasteiger partial charge in [-0.15, -0.1) is 0 Å². The molecule has 0 aliphatic carbocycles. The Morgan fingerprint density at radius 2 is 1.81 bits per heavy atom. The van der Waals surface area contributed by atoms with Crippen LogP contribution in [0, 0.1) is 20.8 Å². The monoisotopic (exact) mass is 433 g/mol. The summed E-state index contributed by atoms with van der Waals surface area (Å²) in [7, 11) is 1.66. The average molecular weight is 434 g/mol. The first kappa shape index (κ1) is 22.1. The normalized spacial score (nSPS) is 15.4. The van der Waals surface area contributed by atoms with Crippen molar-refractivity contribution in [1.29, 1.82) is 0 Å². The van der Waals surface area contributed by atoms with Crippen LogP contribution < -0.4 is 4.74 Å². The number of allylic oxidation sites excluding steroid dienone is 1. The second-order valence-electron chi connectivity index (χ2n) is 8.53. The molecule has 1 saturated heterocycles. The number of carbonyl (C=O) groups is 1. The molecule has 1 aliphatic rings. The zero-order chi connectivity index (χ0) is 22.8. The number of fused-ring (bicyclic) bond motifs is 1. The van der Waals surface area contributed by atoms with E-state index in [1.54, 1.807) is 13.2 Å². The maximum Gasteiger partial charge on any atom is 0.246 e. The summed E-state index contributed by atoms with van der Waals surface area (Å²) in [6.07, 6.45) is 5.38. The minimum absolute atomic E-state index is 0.0472. The highest BCUT2D eigenvalue weighted by molar-refractivity contribution is 5.98. The molecular formula is C26H31N3O3. The highest BCUT2D eigenvalue weighted by atomic mass is 16.5. The first-order chi connectivity index (χ1) is 15.4. The lowest BCUT2D eigenvalue weighted by molar-refractivity contribution is -0.127. The van der Waals surface area contributed by atoms with E-state index in [-0.39, 0.29) is 5.91 Å². The number of methoxy groups -OCH3 is 1. The molecule has 168 valence electrons. The van der Waals surface area contributed by atoms with Gasteiger partial charge in [0, 0.05) is 67.7 Å². The quantitative estimate of drug-likeness (QED) is 0.554. The lowest BCUT2D eigenvalue weighted by Gasteiger charge is -2.34. The first-order valence-electron chi connectivity index (χ1n) is 11.0. The van der Waals surface area contributed by atoms with Crippen molar-refractivity contribution in [2.45, 2.75) is 34.2 Å². The summed E-state index contributed by atoms with van der Waals surface area (Å²) >= 11 is 0. The van der Waals surface area contributed by atoms with Gasteiger partial charge < -0.3 is 14.1 Å². The molecule has 2 aromatic heterocycles. The molecular weight excluding hydrogens is 402 g/mol. The summed E-state index contributed by atoms with van der Waals surface area (Å²) in [5.41, 5.74) is 6.01. The number of nitrogens with zero attached hydrogens (tertiary/aromatic N) is 3. The van der Waals surface area contributed by atoms with Crippen LogP contribution in [0.25, 0.3) is 16.5 Å². The number of amides is 1. The van der Waals surface area contributed by atoms with Gasteiger partial charge in [0.1, 0.15) is 17.1 Å². The van der Waals surface area contributed by atoms with E-state index in [9.17, 15) is 4.79 Å². The van der Waals surface area contributed by atoms with E-state index in [0.29, 0.717) is 0 Å². The number of rotatable bonds is 5. The van der Waals surface area contributed by atoms with Crippen molar-refractivity contribution < 1.29 is 13.9 Å². The minimum atomic E-state index is 0.0472. The summed E-state index contributed by atoms with van der Waals surface area (Å²) in [5, 5.41) is 1.07. The molecule has 3 aromatic rings. The lowest BCUT2D eigenvalue weighted by Crippen LogP contribution is -2.47. The van der Waals surface area contributed by atoms with Crippen molar-refractivity contribution in [3.8, 4) is 5.75 Å². The van der Waals surface area contributed by atoms with E-state index >= 15 is 0 Å². The van der Waals surface area contributed by atoms with Crippen molar-refractivity contribution in [2.75, 3.05) is 33.3 Å². The predicted octanol–water partition coefficient (Wildman–Crippen LogP) is 4.51. The summed E-state index contributed by atoms with van der Waals surface area (Å²) in [4.78, 5) is 21.4. The van der Waals surface area contributed by atoms with Gasteiger partial charge in [-0.3, -0.25) is 14.7 Å². The molecule has 0 saturated carbocycles. The summed E-state index contributed by atoms with van der Waals surface area (Å²) in [5.74, 6) is 1.71. The topological polar surface area (TPSA) is 58.8 Å². The number of benzene rings is 1. The van der Waals surface area contributed by atoms with Crippen LogP contribution in [-0.4, -0.2) is 54.0 Å². The molecule has 0 spiro atoms. The van der Waals surface area contributed by atoms with Crippen LogP contribution in [0.4, 0.5) is 0 Å². The number of carbonyl (C=O) groups excluding carboxylic acids is 1. The molecule has 0 unspecified atom stereocenters. The Morgan fingerprint density at radius 3 is 2.47 bits per heavy atom. The predicted molar refractivity (Wildman–Crippen MR) is 127 cm³/mol. The Morgan fingerprint density at radius 1 is 1.12 bits per heavy atom. The molecule has 6 heteroatoms. The molecule has 32 heavy (non-hydrogen) atoms. The second kappa shape index (κ2) is 9.17. The van der Waals surface area contributed by atoms with Crippen molar-refractivity contribution in [3.63, 3.8) is 0 Å². The first-order valence-corrected chi connectivity index (χ1v) is 11.0. The van der Waals surface area contributed by atoms with Crippen LogP contribution in [0.2, 0.25) is 0 Å². The molecule has 0 N–H and O–H groups in total. The highest BCUT2D eigenvalue weighted by Crippen LogP contribution is 2.38. The molecule has 1 fully saturated rings. The molecule has 4 rings (SSSR count). The van der Waals surface area contributed by atoms with Crippen molar-refractivity contribution >= 4 is 22.4 Å². The number of ether oxygens (including phenoxy) is 1. The molecule has 0 radical (unpaired) electrons. The molecule has 1 aliphatic heterocycles.